The van der Waals surface area contributed by atoms with Gasteiger partial charge in [0.25, 0.3) is 10.1 Å². The van der Waals surface area contributed by atoms with Gasteiger partial charge in [-0.1, -0.05) is 13.2 Å². The smallest absolute Gasteiger partial charge is 0.333 e. The molecule has 0 rings (SSSR count). The molecule has 0 aromatic carbocycles. The topological polar surface area (TPSA) is 160 Å². The third-order valence-electron chi connectivity index (χ3n) is 2.81. The lowest BCUT2D eigenvalue weighted by Gasteiger charge is -2.13. The fourth-order valence-corrected chi connectivity index (χ4v) is 2.08. The predicted octanol–water partition coefficient (Wildman–Crippen LogP) is -0.0421. The average Bonchev–Trinajstić information content (AvgIpc) is 2.58. The lowest BCUT2D eigenvalue weighted by atomic mass is 10.3. The molecule has 0 heterocycles. The minimum Gasteiger partial charge on any atom is -0.462 e. The molecular formula is C16H22O11S. The van der Waals surface area contributed by atoms with Gasteiger partial charge in [-0.2, -0.15) is 8.42 Å². The van der Waals surface area contributed by atoms with Gasteiger partial charge in [-0.15, -0.1) is 0 Å². The molecule has 0 amide bonds. The zero-order valence-electron chi connectivity index (χ0n) is 15.5. The Hall–Kier alpha value is -2.73. The summed E-state index contributed by atoms with van der Waals surface area (Å²) in [6, 6.07) is 0. The van der Waals surface area contributed by atoms with Gasteiger partial charge < -0.3 is 18.9 Å². The molecule has 0 spiro atoms. The second kappa shape index (κ2) is 11.9. The molecule has 1 N–H and O–H groups in total. The van der Waals surface area contributed by atoms with E-state index in [2.05, 4.69) is 32.1 Å². The van der Waals surface area contributed by atoms with Crippen LogP contribution in [0.4, 0.5) is 0 Å². The summed E-state index contributed by atoms with van der Waals surface area (Å²) >= 11 is 0. The van der Waals surface area contributed by atoms with Crippen LogP contribution in [-0.2, 0) is 48.2 Å². The molecule has 0 saturated carbocycles. The molecule has 0 aromatic heterocycles. The molecule has 0 radical (unpaired) electrons. The molecule has 1 unspecified atom stereocenters. The van der Waals surface area contributed by atoms with Gasteiger partial charge >= 0.3 is 23.9 Å². The molecule has 0 aromatic rings. The van der Waals surface area contributed by atoms with E-state index in [0.717, 1.165) is 0 Å². The quantitative estimate of drug-likeness (QED) is 0.148. The fraction of sp³-hybridized carbons (Fsp3) is 0.500. The first-order valence-corrected chi connectivity index (χ1v) is 9.30. The summed E-state index contributed by atoms with van der Waals surface area (Å²) < 4.78 is 50.2. The number of hydrogen-bond acceptors (Lipinski definition) is 10. The molecule has 0 aliphatic rings. The van der Waals surface area contributed by atoms with Crippen LogP contribution in [0.3, 0.4) is 0 Å². The Kier molecular flexibility index (Phi) is 10.7. The van der Waals surface area contributed by atoms with Crippen molar-refractivity contribution in [2.24, 2.45) is 0 Å². The van der Waals surface area contributed by atoms with Crippen molar-refractivity contribution in [1.82, 2.24) is 0 Å². The Balaban J connectivity index is 4.50. The monoisotopic (exact) mass is 422 g/mol. The van der Waals surface area contributed by atoms with Crippen LogP contribution in [0.2, 0.25) is 0 Å². The summed E-state index contributed by atoms with van der Waals surface area (Å²) in [5, 5.41) is -2.23. The second-order valence-corrected chi connectivity index (χ2v) is 7.03. The van der Waals surface area contributed by atoms with Crippen LogP contribution >= 0.6 is 0 Å². The molecule has 12 heteroatoms. The summed E-state index contributed by atoms with van der Waals surface area (Å²) in [6.07, 6.45) is -1.03. The highest BCUT2D eigenvalue weighted by atomic mass is 32.2. The van der Waals surface area contributed by atoms with Gasteiger partial charge in [0.1, 0.15) is 26.4 Å². The number of carbonyl (C=O) groups excluding carboxylic acids is 4. The van der Waals surface area contributed by atoms with Crippen LogP contribution in [0.5, 0.6) is 0 Å². The predicted molar refractivity (Wildman–Crippen MR) is 93.4 cm³/mol. The average molecular weight is 422 g/mol. The van der Waals surface area contributed by atoms with E-state index in [1.54, 1.807) is 0 Å². The summed E-state index contributed by atoms with van der Waals surface area (Å²) in [6.45, 7) is 7.89. The molecule has 0 aliphatic heterocycles. The van der Waals surface area contributed by atoms with Crippen molar-refractivity contribution in [3.8, 4) is 0 Å². The van der Waals surface area contributed by atoms with Crippen molar-refractivity contribution in [2.75, 3.05) is 26.4 Å². The van der Waals surface area contributed by atoms with Crippen LogP contribution in [0.25, 0.3) is 0 Å². The van der Waals surface area contributed by atoms with E-state index < -0.39 is 58.9 Å². The van der Waals surface area contributed by atoms with Gasteiger partial charge in [-0.25, -0.2) is 9.59 Å². The standard InChI is InChI=1S/C16H22O11S/c1-10(2)14(18)25-6-5-24-13(17)9-12(28(21,22)23)16(20)27-8-7-26-15(19)11(3)4/h12H,1,3,5-9H2,2,4H3,(H,21,22,23). The van der Waals surface area contributed by atoms with Gasteiger partial charge in [-0.05, 0) is 13.8 Å². The Bertz CT molecular complexity index is 736. The van der Waals surface area contributed by atoms with Gasteiger partial charge in [0.05, 0.1) is 6.42 Å². The highest BCUT2D eigenvalue weighted by Gasteiger charge is 2.35. The summed E-state index contributed by atoms with van der Waals surface area (Å²) in [4.78, 5) is 45.7. The minimum atomic E-state index is -4.98. The SMILES string of the molecule is C=C(C)C(=O)OCCOC(=O)CC(C(=O)OCCOC(=O)C(=C)C)S(=O)(=O)O. The fourth-order valence-electron chi connectivity index (χ4n) is 1.43. The maximum absolute atomic E-state index is 11.8. The second-order valence-electron chi connectivity index (χ2n) is 5.43. The number of ether oxygens (including phenoxy) is 4. The first-order valence-electron chi connectivity index (χ1n) is 7.80. The van der Waals surface area contributed by atoms with Gasteiger partial charge in [0.15, 0.2) is 5.25 Å². The van der Waals surface area contributed by atoms with E-state index in [0.29, 0.717) is 0 Å². The molecule has 11 nitrogen and oxygen atoms in total. The van der Waals surface area contributed by atoms with Crippen molar-refractivity contribution < 1.29 is 51.1 Å². The molecule has 0 aliphatic carbocycles. The summed E-state index contributed by atoms with van der Waals surface area (Å²) in [5.74, 6) is -4.03. The summed E-state index contributed by atoms with van der Waals surface area (Å²) in [5.41, 5.74) is 0.244. The van der Waals surface area contributed by atoms with E-state index in [1.807, 2.05) is 0 Å². The van der Waals surface area contributed by atoms with Crippen LogP contribution in [-0.4, -0.2) is 68.5 Å². The molecule has 0 fully saturated rings. The van der Waals surface area contributed by atoms with Gasteiger partial charge in [0, 0.05) is 11.1 Å². The molecule has 1 atom stereocenters. The highest BCUT2D eigenvalue weighted by molar-refractivity contribution is 7.87. The molecule has 28 heavy (non-hydrogen) atoms. The molecule has 0 saturated heterocycles. The lowest BCUT2D eigenvalue weighted by Crippen LogP contribution is -2.35. The summed E-state index contributed by atoms with van der Waals surface area (Å²) in [7, 11) is -4.98. The van der Waals surface area contributed by atoms with Crippen molar-refractivity contribution in [3.05, 3.63) is 24.3 Å². The Morgan fingerprint density at radius 1 is 0.821 bits per heavy atom. The third kappa shape index (κ3) is 10.4. The maximum atomic E-state index is 11.8. The van der Waals surface area contributed by atoms with Crippen LogP contribution < -0.4 is 0 Å². The minimum absolute atomic E-state index is 0.110. The molecule has 0 bridgehead atoms. The van der Waals surface area contributed by atoms with Crippen molar-refractivity contribution in [3.63, 3.8) is 0 Å². The molecular weight excluding hydrogens is 400 g/mol. The number of hydrogen-bond donors (Lipinski definition) is 1. The third-order valence-corrected chi connectivity index (χ3v) is 3.89. The van der Waals surface area contributed by atoms with Crippen molar-refractivity contribution >= 4 is 34.0 Å². The maximum Gasteiger partial charge on any atom is 0.333 e. The first-order chi connectivity index (χ1) is 12.9. The van der Waals surface area contributed by atoms with Crippen molar-refractivity contribution in [2.45, 2.75) is 25.5 Å². The van der Waals surface area contributed by atoms with E-state index in [9.17, 15) is 27.6 Å². The highest BCUT2D eigenvalue weighted by Crippen LogP contribution is 2.09. The zero-order chi connectivity index (χ0) is 21.9. The van der Waals surface area contributed by atoms with Gasteiger partial charge in [0.2, 0.25) is 0 Å². The Morgan fingerprint density at radius 2 is 1.21 bits per heavy atom. The first kappa shape index (κ1) is 25.3. The largest absolute Gasteiger partial charge is 0.462 e. The zero-order valence-corrected chi connectivity index (χ0v) is 16.3. The van der Waals surface area contributed by atoms with E-state index >= 15 is 0 Å². The van der Waals surface area contributed by atoms with Crippen molar-refractivity contribution in [1.29, 1.82) is 0 Å². The van der Waals surface area contributed by atoms with E-state index in [4.69, 9.17) is 4.55 Å². The van der Waals surface area contributed by atoms with E-state index in [1.165, 1.54) is 13.8 Å². The van der Waals surface area contributed by atoms with Crippen LogP contribution in [0.15, 0.2) is 24.3 Å². The van der Waals surface area contributed by atoms with Crippen LogP contribution in [0, 0.1) is 0 Å². The Labute approximate surface area is 162 Å². The normalized spacial score (nSPS) is 11.7. The van der Waals surface area contributed by atoms with Crippen LogP contribution in [0.1, 0.15) is 20.3 Å². The molecule has 158 valence electrons. The lowest BCUT2D eigenvalue weighted by molar-refractivity contribution is -0.154. The number of carbonyl (C=O) groups is 4. The number of rotatable bonds is 12. The Morgan fingerprint density at radius 3 is 1.61 bits per heavy atom. The van der Waals surface area contributed by atoms with Gasteiger partial charge in [-0.3, -0.25) is 14.1 Å². The van der Waals surface area contributed by atoms with E-state index in [-0.39, 0.29) is 24.4 Å². The number of esters is 4.